The summed E-state index contributed by atoms with van der Waals surface area (Å²) in [5, 5.41) is 0. The Hall–Kier alpha value is -1.80. The van der Waals surface area contributed by atoms with Crippen LogP contribution in [0.4, 0.5) is 0 Å². The fourth-order valence-electron chi connectivity index (χ4n) is 2.44. The molecule has 0 spiro atoms. The van der Waals surface area contributed by atoms with Crippen LogP contribution in [0.3, 0.4) is 0 Å². The number of hydrogen-bond donors (Lipinski definition) is 1. The van der Waals surface area contributed by atoms with Crippen molar-refractivity contribution < 1.29 is 4.79 Å². The van der Waals surface area contributed by atoms with Gasteiger partial charge in [0.15, 0.2) is 5.78 Å². The van der Waals surface area contributed by atoms with E-state index in [1.807, 2.05) is 42.5 Å². The van der Waals surface area contributed by atoms with E-state index in [0.29, 0.717) is 0 Å². The lowest BCUT2D eigenvalue weighted by molar-refractivity contribution is 0.104. The smallest absolute Gasteiger partial charge is 0.194 e. The molecule has 0 amide bonds. The second-order valence-corrected chi connectivity index (χ2v) is 5.04. The van der Waals surface area contributed by atoms with Gasteiger partial charge in [0.25, 0.3) is 0 Å². The Morgan fingerprint density at radius 2 is 1.68 bits per heavy atom. The topological polar surface area (TPSA) is 17.1 Å². The van der Waals surface area contributed by atoms with Crippen LogP contribution in [0.1, 0.15) is 27.9 Å². The molecular weight excluding hydrogens is 252 g/mol. The van der Waals surface area contributed by atoms with E-state index in [4.69, 9.17) is 0 Å². The van der Waals surface area contributed by atoms with Gasteiger partial charge in [-0.1, -0.05) is 48.6 Å². The lowest BCUT2D eigenvalue weighted by Gasteiger charge is -2.00. The first-order chi connectivity index (χ1) is 9.31. The fraction of sp³-hybridized carbons (Fsp3) is 0.118. The predicted molar refractivity (Wildman–Crippen MR) is 82.8 cm³/mol. The van der Waals surface area contributed by atoms with Crippen LogP contribution in [-0.4, -0.2) is 11.5 Å². The predicted octanol–water partition coefficient (Wildman–Crippen LogP) is 4.23. The van der Waals surface area contributed by atoms with Crippen LogP contribution in [0.5, 0.6) is 0 Å². The number of carbonyl (C=O) groups is 1. The maximum absolute atomic E-state index is 12.3. The van der Waals surface area contributed by atoms with E-state index in [0.717, 1.165) is 40.0 Å². The van der Waals surface area contributed by atoms with E-state index in [9.17, 15) is 4.79 Å². The number of fused-ring (bicyclic) bond motifs is 3. The molecule has 1 aliphatic rings. The molecular formula is C17H14OS. The van der Waals surface area contributed by atoms with Crippen molar-refractivity contribution in [2.75, 3.05) is 5.75 Å². The summed E-state index contributed by atoms with van der Waals surface area (Å²) in [6, 6.07) is 13.9. The number of benzene rings is 2. The average molecular weight is 266 g/mol. The van der Waals surface area contributed by atoms with Crippen LogP contribution in [0.15, 0.2) is 48.5 Å². The van der Waals surface area contributed by atoms with Crippen molar-refractivity contribution in [2.24, 2.45) is 0 Å². The summed E-state index contributed by atoms with van der Waals surface area (Å²) in [7, 11) is 0. The van der Waals surface area contributed by atoms with Crippen molar-refractivity contribution in [3.8, 4) is 11.1 Å². The number of rotatable bonds is 3. The molecule has 1 aliphatic carbocycles. The van der Waals surface area contributed by atoms with E-state index in [1.165, 1.54) is 0 Å². The Labute approximate surface area is 118 Å². The van der Waals surface area contributed by atoms with Crippen molar-refractivity contribution in [1.29, 1.82) is 0 Å². The van der Waals surface area contributed by atoms with Crippen molar-refractivity contribution in [3.05, 3.63) is 65.2 Å². The van der Waals surface area contributed by atoms with Gasteiger partial charge in [-0.3, -0.25) is 4.79 Å². The highest BCUT2D eigenvalue weighted by Gasteiger charge is 2.25. The molecule has 0 fully saturated rings. The largest absolute Gasteiger partial charge is 0.289 e. The molecule has 3 rings (SSSR count). The van der Waals surface area contributed by atoms with Gasteiger partial charge in [0.05, 0.1) is 0 Å². The molecule has 0 N–H and O–H groups in total. The van der Waals surface area contributed by atoms with E-state index in [1.54, 1.807) is 0 Å². The summed E-state index contributed by atoms with van der Waals surface area (Å²) >= 11 is 4.17. The molecule has 0 unspecified atom stereocenters. The fourth-order valence-corrected chi connectivity index (χ4v) is 2.59. The van der Waals surface area contributed by atoms with E-state index in [2.05, 4.69) is 24.8 Å². The minimum atomic E-state index is 0.134. The van der Waals surface area contributed by atoms with Crippen molar-refractivity contribution in [3.63, 3.8) is 0 Å². The molecule has 0 radical (unpaired) electrons. The molecule has 0 heterocycles. The molecule has 2 heteroatoms. The quantitative estimate of drug-likeness (QED) is 0.702. The monoisotopic (exact) mass is 266 g/mol. The number of thiol groups is 1. The van der Waals surface area contributed by atoms with Gasteiger partial charge >= 0.3 is 0 Å². The first-order valence-corrected chi connectivity index (χ1v) is 7.00. The van der Waals surface area contributed by atoms with E-state index >= 15 is 0 Å². The van der Waals surface area contributed by atoms with Gasteiger partial charge in [0.2, 0.25) is 0 Å². The summed E-state index contributed by atoms with van der Waals surface area (Å²) in [6.45, 7) is 0. The summed E-state index contributed by atoms with van der Waals surface area (Å²) < 4.78 is 0. The third-order valence-corrected chi connectivity index (χ3v) is 3.61. The zero-order valence-corrected chi connectivity index (χ0v) is 11.4. The summed E-state index contributed by atoms with van der Waals surface area (Å²) in [5.41, 5.74) is 4.80. The minimum absolute atomic E-state index is 0.134. The van der Waals surface area contributed by atoms with Gasteiger partial charge in [0, 0.05) is 11.1 Å². The lowest BCUT2D eigenvalue weighted by Crippen LogP contribution is -1.94. The van der Waals surface area contributed by atoms with Gasteiger partial charge in [0.1, 0.15) is 0 Å². The number of ketones is 1. The second kappa shape index (κ2) is 5.06. The van der Waals surface area contributed by atoms with Gasteiger partial charge in [-0.25, -0.2) is 0 Å². The summed E-state index contributed by atoms with van der Waals surface area (Å²) in [5.74, 6) is 0.973. The lowest BCUT2D eigenvalue weighted by atomic mass is 10.0. The number of allylic oxidation sites excluding steroid dienone is 1. The molecule has 0 bridgehead atoms. The molecule has 1 nitrogen and oxygen atoms in total. The third-order valence-electron chi connectivity index (χ3n) is 3.36. The van der Waals surface area contributed by atoms with Crippen LogP contribution in [-0.2, 0) is 0 Å². The van der Waals surface area contributed by atoms with Gasteiger partial charge < -0.3 is 0 Å². The molecule has 0 aromatic heterocycles. The standard InChI is InChI=1S/C17H14OS/c18-17-15-7-2-1-6-13(15)14-9-8-12(11-16(14)17)5-3-4-10-19/h1-3,5-9,11,19H,4,10H2. The minimum Gasteiger partial charge on any atom is -0.289 e. The Morgan fingerprint density at radius 1 is 0.947 bits per heavy atom. The molecule has 2 aromatic rings. The van der Waals surface area contributed by atoms with Crippen LogP contribution in [0.25, 0.3) is 17.2 Å². The molecule has 0 saturated heterocycles. The van der Waals surface area contributed by atoms with Crippen molar-refractivity contribution in [2.45, 2.75) is 6.42 Å². The van der Waals surface area contributed by atoms with E-state index < -0.39 is 0 Å². The molecule has 19 heavy (non-hydrogen) atoms. The van der Waals surface area contributed by atoms with Gasteiger partial charge in [-0.05, 0) is 34.9 Å². The Bertz CT molecular complexity index is 671. The highest BCUT2D eigenvalue weighted by atomic mass is 32.1. The first-order valence-electron chi connectivity index (χ1n) is 6.37. The first kappa shape index (κ1) is 12.2. The van der Waals surface area contributed by atoms with Crippen LogP contribution >= 0.6 is 12.6 Å². The second-order valence-electron chi connectivity index (χ2n) is 4.59. The SMILES string of the molecule is O=C1c2ccccc2-c2ccc(C=CCCS)cc21. The summed E-state index contributed by atoms with van der Waals surface area (Å²) in [4.78, 5) is 12.3. The number of hydrogen-bond acceptors (Lipinski definition) is 2. The normalized spacial score (nSPS) is 12.8. The van der Waals surface area contributed by atoms with E-state index in [-0.39, 0.29) is 5.78 Å². The number of carbonyl (C=O) groups excluding carboxylic acids is 1. The zero-order valence-electron chi connectivity index (χ0n) is 10.5. The van der Waals surface area contributed by atoms with Crippen molar-refractivity contribution in [1.82, 2.24) is 0 Å². The molecule has 0 atom stereocenters. The van der Waals surface area contributed by atoms with Crippen LogP contribution in [0.2, 0.25) is 0 Å². The Balaban J connectivity index is 2.03. The molecule has 0 saturated carbocycles. The van der Waals surface area contributed by atoms with Crippen LogP contribution < -0.4 is 0 Å². The molecule has 0 aliphatic heterocycles. The van der Waals surface area contributed by atoms with Crippen molar-refractivity contribution >= 4 is 24.5 Å². The van der Waals surface area contributed by atoms with Crippen LogP contribution in [0, 0.1) is 0 Å². The summed E-state index contributed by atoms with van der Waals surface area (Å²) in [6.07, 6.45) is 5.07. The molecule has 94 valence electrons. The highest BCUT2D eigenvalue weighted by molar-refractivity contribution is 7.80. The maximum Gasteiger partial charge on any atom is 0.194 e. The highest BCUT2D eigenvalue weighted by Crippen LogP contribution is 2.36. The average Bonchev–Trinajstić information content (AvgIpc) is 2.73. The van der Waals surface area contributed by atoms with Gasteiger partial charge in [-0.2, -0.15) is 12.6 Å². The Morgan fingerprint density at radius 3 is 2.47 bits per heavy atom. The zero-order chi connectivity index (χ0) is 13.2. The maximum atomic E-state index is 12.3. The van der Waals surface area contributed by atoms with Gasteiger partial charge in [-0.15, -0.1) is 0 Å². The molecule has 2 aromatic carbocycles. The third kappa shape index (κ3) is 2.13. The Kier molecular flexibility index (Phi) is 3.26.